The topological polar surface area (TPSA) is 27.7 Å². The van der Waals surface area contributed by atoms with Gasteiger partial charge in [-0.3, -0.25) is 0 Å². The summed E-state index contributed by atoms with van der Waals surface area (Å²) in [7, 11) is -2.50. The molecule has 0 bridgehead atoms. The molecular weight excluding hydrogens is 474 g/mol. The van der Waals surface area contributed by atoms with Crippen molar-refractivity contribution in [2.24, 2.45) is 0 Å². The van der Waals surface area contributed by atoms with Crippen LogP contribution in [0.1, 0.15) is 138 Å². The van der Waals surface area contributed by atoms with Crippen LogP contribution in [0.15, 0.2) is 0 Å². The summed E-state index contributed by atoms with van der Waals surface area (Å²) in [5.74, 6) is 0. The molecule has 0 aromatic carbocycles. The highest BCUT2D eigenvalue weighted by molar-refractivity contribution is 6.60. The smallest absolute Gasteiger partial charge is 0.501 e. The number of hydrogen-bond acceptors (Lipinski definition) is 3. The molecule has 0 saturated carbocycles. The molecule has 4 nitrogen and oxygen atoms in total. The van der Waals surface area contributed by atoms with E-state index in [2.05, 4.69) is 20.8 Å². The Labute approximate surface area is 228 Å². The minimum absolute atomic E-state index is 0. The quantitative estimate of drug-likeness (QED) is 0.0756. The van der Waals surface area contributed by atoms with Crippen molar-refractivity contribution in [3.63, 3.8) is 0 Å². The van der Waals surface area contributed by atoms with Crippen molar-refractivity contribution < 1.29 is 30.2 Å². The van der Waals surface area contributed by atoms with Crippen molar-refractivity contribution in [2.45, 2.75) is 144 Å². The summed E-state index contributed by atoms with van der Waals surface area (Å²) in [6.45, 7) is 20.2. The number of halogens is 1. The molecule has 0 aliphatic heterocycles. The molecule has 0 saturated heterocycles. The van der Waals surface area contributed by atoms with Crippen LogP contribution in [0.25, 0.3) is 0 Å². The SMILES string of the molecule is CCCCCCCCCCCCCCCC[N+](CC)(CC)CCC[Si](OCC)(OCC)OCC.[Cl-]. The molecule has 214 valence electrons. The van der Waals surface area contributed by atoms with E-state index in [1.165, 1.54) is 121 Å². The highest BCUT2D eigenvalue weighted by atomic mass is 35.5. The van der Waals surface area contributed by atoms with Crippen LogP contribution in [0, 0.1) is 0 Å². The third-order valence-corrected chi connectivity index (χ3v) is 10.7. The molecule has 35 heavy (non-hydrogen) atoms. The third-order valence-electron chi connectivity index (χ3n) is 7.54. The lowest BCUT2D eigenvalue weighted by Gasteiger charge is -2.38. The zero-order chi connectivity index (χ0) is 25.4. The summed E-state index contributed by atoms with van der Waals surface area (Å²) in [4.78, 5) is 0. The minimum Gasteiger partial charge on any atom is -1.00 e. The molecule has 0 radical (unpaired) electrons. The van der Waals surface area contributed by atoms with Crippen molar-refractivity contribution in [2.75, 3.05) is 46.0 Å². The Morgan fingerprint density at radius 1 is 0.457 bits per heavy atom. The number of unbranched alkanes of at least 4 members (excludes halogenated alkanes) is 13. The van der Waals surface area contributed by atoms with Gasteiger partial charge in [0, 0.05) is 32.3 Å². The molecule has 0 N–H and O–H groups in total. The van der Waals surface area contributed by atoms with E-state index >= 15 is 0 Å². The largest absolute Gasteiger partial charge is 1.00 e. The van der Waals surface area contributed by atoms with Crippen LogP contribution in [0.4, 0.5) is 0 Å². The lowest BCUT2D eigenvalue weighted by molar-refractivity contribution is -0.925. The van der Waals surface area contributed by atoms with Gasteiger partial charge in [-0.1, -0.05) is 84.0 Å². The van der Waals surface area contributed by atoms with Crippen LogP contribution in [-0.4, -0.2) is 59.3 Å². The molecular formula is C29H64ClNO3Si. The minimum atomic E-state index is -2.50. The molecule has 0 rings (SSSR count). The van der Waals surface area contributed by atoms with Gasteiger partial charge < -0.3 is 30.2 Å². The van der Waals surface area contributed by atoms with Gasteiger partial charge in [-0.05, 0) is 47.5 Å². The van der Waals surface area contributed by atoms with Crippen LogP contribution < -0.4 is 12.4 Å². The standard InChI is InChI=1S/C29H64NO3Si.ClH/c1-7-13-14-15-16-17-18-19-20-21-22-23-24-25-27-30(8-2,9-3)28-26-29-34(31-10-4,32-11-5)33-12-6;/h7-29H2,1-6H3;1H/q+1;/p-1. The first-order valence-corrected chi connectivity index (χ1v) is 17.3. The van der Waals surface area contributed by atoms with Crippen LogP contribution in [-0.2, 0) is 13.3 Å². The van der Waals surface area contributed by atoms with Gasteiger partial charge in [0.25, 0.3) is 0 Å². The summed E-state index contributed by atoms with van der Waals surface area (Å²) in [6, 6.07) is 0.946. The van der Waals surface area contributed by atoms with Gasteiger partial charge in [-0.25, -0.2) is 0 Å². The number of quaternary nitrogens is 1. The fourth-order valence-corrected chi connectivity index (χ4v) is 7.84. The van der Waals surface area contributed by atoms with Gasteiger partial charge in [0.15, 0.2) is 0 Å². The molecule has 0 unspecified atom stereocenters. The second-order valence-electron chi connectivity index (χ2n) is 10.1. The maximum absolute atomic E-state index is 6.07. The molecule has 0 aliphatic rings. The number of rotatable bonds is 27. The molecule has 6 heteroatoms. The second-order valence-corrected chi connectivity index (χ2v) is 12.8. The van der Waals surface area contributed by atoms with E-state index in [9.17, 15) is 0 Å². The molecule has 0 aromatic heterocycles. The average Bonchev–Trinajstić information content (AvgIpc) is 2.83. The maximum atomic E-state index is 6.07. The summed E-state index contributed by atoms with van der Waals surface area (Å²) >= 11 is 0. The Hall–Kier alpha value is 0.347. The number of nitrogens with zero attached hydrogens (tertiary/aromatic N) is 1. The predicted octanol–water partition coefficient (Wildman–Crippen LogP) is 5.77. The van der Waals surface area contributed by atoms with Gasteiger partial charge in [0.2, 0.25) is 0 Å². The molecule has 0 amide bonds. The lowest BCUT2D eigenvalue weighted by Crippen LogP contribution is -3.00. The molecule has 0 aromatic rings. The van der Waals surface area contributed by atoms with E-state index in [1.54, 1.807) is 0 Å². The van der Waals surface area contributed by atoms with Gasteiger partial charge in [0.1, 0.15) is 0 Å². The Kier molecular flexibility index (Phi) is 27.8. The second kappa shape index (κ2) is 26.0. The molecule has 0 aliphatic carbocycles. The first-order chi connectivity index (χ1) is 16.6. The Morgan fingerprint density at radius 2 is 0.800 bits per heavy atom. The summed E-state index contributed by atoms with van der Waals surface area (Å²) in [5.41, 5.74) is 0. The lowest BCUT2D eigenvalue weighted by atomic mass is 10.0. The van der Waals surface area contributed by atoms with Crippen LogP contribution >= 0.6 is 0 Å². The van der Waals surface area contributed by atoms with Crippen molar-refractivity contribution in [3.8, 4) is 0 Å². The normalized spacial score (nSPS) is 12.2. The fourth-order valence-electron chi connectivity index (χ4n) is 5.24. The van der Waals surface area contributed by atoms with E-state index in [1.807, 2.05) is 20.8 Å². The van der Waals surface area contributed by atoms with E-state index in [0.717, 1.165) is 12.5 Å². The Morgan fingerprint density at radius 3 is 1.14 bits per heavy atom. The molecule has 0 atom stereocenters. The molecule has 0 spiro atoms. The monoisotopic (exact) mass is 537 g/mol. The Balaban J connectivity index is 0. The highest BCUT2D eigenvalue weighted by Gasteiger charge is 2.40. The zero-order valence-electron chi connectivity index (χ0n) is 24.8. The summed E-state index contributed by atoms with van der Waals surface area (Å²) in [5, 5.41) is 0. The van der Waals surface area contributed by atoms with E-state index < -0.39 is 8.80 Å². The highest BCUT2D eigenvalue weighted by Crippen LogP contribution is 2.21. The van der Waals surface area contributed by atoms with E-state index in [4.69, 9.17) is 13.3 Å². The van der Waals surface area contributed by atoms with E-state index in [-0.39, 0.29) is 12.4 Å². The van der Waals surface area contributed by atoms with Crippen molar-refractivity contribution >= 4 is 8.80 Å². The number of hydrogen-bond donors (Lipinski definition) is 0. The summed E-state index contributed by atoms with van der Waals surface area (Å²) < 4.78 is 19.4. The molecule has 0 fully saturated rings. The van der Waals surface area contributed by atoms with Crippen molar-refractivity contribution in [1.82, 2.24) is 0 Å². The van der Waals surface area contributed by atoms with Gasteiger partial charge in [-0.2, -0.15) is 0 Å². The molecule has 0 heterocycles. The van der Waals surface area contributed by atoms with Crippen molar-refractivity contribution in [3.05, 3.63) is 0 Å². The van der Waals surface area contributed by atoms with Gasteiger partial charge in [-0.15, -0.1) is 0 Å². The van der Waals surface area contributed by atoms with Crippen LogP contribution in [0.3, 0.4) is 0 Å². The zero-order valence-corrected chi connectivity index (χ0v) is 26.6. The van der Waals surface area contributed by atoms with E-state index in [0.29, 0.717) is 19.8 Å². The fraction of sp³-hybridized carbons (Fsp3) is 1.00. The van der Waals surface area contributed by atoms with Crippen LogP contribution in [0.5, 0.6) is 0 Å². The predicted molar refractivity (Wildman–Crippen MR) is 151 cm³/mol. The van der Waals surface area contributed by atoms with Gasteiger partial charge >= 0.3 is 8.80 Å². The van der Waals surface area contributed by atoms with Crippen LogP contribution in [0.2, 0.25) is 6.04 Å². The third kappa shape index (κ3) is 19.1. The average molecular weight is 538 g/mol. The Bertz CT molecular complexity index is 408. The maximum Gasteiger partial charge on any atom is 0.501 e. The van der Waals surface area contributed by atoms with Gasteiger partial charge in [0.05, 0.1) is 26.2 Å². The first-order valence-electron chi connectivity index (χ1n) is 15.3. The first kappa shape index (κ1) is 37.5. The summed E-state index contributed by atoms with van der Waals surface area (Å²) in [6.07, 6.45) is 21.1. The van der Waals surface area contributed by atoms with Crippen molar-refractivity contribution in [1.29, 1.82) is 0 Å².